The number of allylic oxidation sites excluding steroid dienone is 1. The summed E-state index contributed by atoms with van der Waals surface area (Å²) in [5.74, 6) is -0.366. The summed E-state index contributed by atoms with van der Waals surface area (Å²) >= 11 is 11.9. The molecule has 1 aliphatic carbocycles. The first-order valence-electron chi connectivity index (χ1n) is 5.25. The molecule has 0 aromatic heterocycles. The summed E-state index contributed by atoms with van der Waals surface area (Å²) in [6, 6.07) is 5.06. The molecule has 5 heteroatoms. The monoisotopic (exact) mass is 274 g/mol. The van der Waals surface area contributed by atoms with Crippen molar-refractivity contribution in [1.29, 1.82) is 0 Å². The van der Waals surface area contributed by atoms with E-state index in [0.717, 1.165) is 0 Å². The summed E-state index contributed by atoms with van der Waals surface area (Å²) < 4.78 is 13.1. The molecule has 17 heavy (non-hydrogen) atoms. The predicted molar refractivity (Wildman–Crippen MR) is 71.3 cm³/mol. The lowest BCUT2D eigenvalue weighted by Crippen LogP contribution is -2.06. The predicted octanol–water partition coefficient (Wildman–Crippen LogP) is 3.99. The van der Waals surface area contributed by atoms with Crippen LogP contribution >= 0.6 is 23.2 Å². The van der Waals surface area contributed by atoms with Crippen molar-refractivity contribution in [3.05, 3.63) is 36.3 Å². The van der Waals surface area contributed by atoms with Crippen molar-refractivity contribution in [1.82, 2.24) is 0 Å². The van der Waals surface area contributed by atoms with Crippen molar-refractivity contribution in [2.24, 2.45) is 5.92 Å². The maximum Gasteiger partial charge on any atom is 0.169 e. The zero-order valence-corrected chi connectivity index (χ0v) is 10.9. The third kappa shape index (κ3) is 2.50. The van der Waals surface area contributed by atoms with Crippen LogP contribution in [0.5, 0.6) is 0 Å². The van der Waals surface area contributed by atoms with Gasteiger partial charge < -0.3 is 10.6 Å². The van der Waals surface area contributed by atoms with Gasteiger partial charge in [-0.3, -0.25) is 0 Å². The Hall–Kier alpha value is -0.930. The first-order valence-corrected chi connectivity index (χ1v) is 6.01. The molecule has 1 saturated carbocycles. The van der Waals surface area contributed by atoms with E-state index in [4.69, 9.17) is 23.2 Å². The van der Waals surface area contributed by atoms with Gasteiger partial charge in [-0.15, -0.1) is 23.2 Å². The molecular formula is C12H13Cl2FN2. The fraction of sp³-hybridized carbons (Fsp3) is 0.333. The maximum absolute atomic E-state index is 13.9. The SMILES string of the molecule is C=C(Nc1cccc(NC)c1F)C1CC1(Cl)Cl. The molecule has 0 saturated heterocycles. The Kier molecular flexibility index (Phi) is 3.23. The van der Waals surface area contributed by atoms with Crippen LogP contribution in [0.4, 0.5) is 15.8 Å². The van der Waals surface area contributed by atoms with Gasteiger partial charge in [0.25, 0.3) is 0 Å². The number of nitrogens with one attached hydrogen (secondary N) is 2. The quantitative estimate of drug-likeness (QED) is 0.812. The van der Waals surface area contributed by atoms with E-state index in [1.807, 2.05) is 0 Å². The van der Waals surface area contributed by atoms with Crippen LogP contribution in [0.25, 0.3) is 0 Å². The highest BCUT2D eigenvalue weighted by Crippen LogP contribution is 2.56. The molecule has 2 rings (SSSR count). The molecule has 0 bridgehead atoms. The number of halogens is 3. The van der Waals surface area contributed by atoms with E-state index in [2.05, 4.69) is 17.2 Å². The number of benzene rings is 1. The Balaban J connectivity index is 2.12. The molecule has 0 aliphatic heterocycles. The van der Waals surface area contributed by atoms with Gasteiger partial charge in [0.1, 0.15) is 4.33 Å². The summed E-state index contributed by atoms with van der Waals surface area (Å²) in [4.78, 5) is 0. The second-order valence-corrected chi connectivity index (χ2v) is 5.63. The molecular weight excluding hydrogens is 262 g/mol. The van der Waals surface area contributed by atoms with E-state index in [-0.39, 0.29) is 11.7 Å². The van der Waals surface area contributed by atoms with Crippen LogP contribution in [0, 0.1) is 11.7 Å². The van der Waals surface area contributed by atoms with Crippen molar-refractivity contribution in [2.75, 3.05) is 17.7 Å². The average Bonchev–Trinajstić information content (AvgIpc) is 2.91. The molecule has 2 nitrogen and oxygen atoms in total. The summed E-state index contributed by atoms with van der Waals surface area (Å²) in [5.41, 5.74) is 1.45. The van der Waals surface area contributed by atoms with Crippen LogP contribution in [-0.4, -0.2) is 11.4 Å². The van der Waals surface area contributed by atoms with Crippen molar-refractivity contribution >= 4 is 34.6 Å². The van der Waals surface area contributed by atoms with Crippen LogP contribution in [0.15, 0.2) is 30.5 Å². The van der Waals surface area contributed by atoms with E-state index >= 15 is 0 Å². The van der Waals surface area contributed by atoms with Crippen LogP contribution < -0.4 is 10.6 Å². The number of hydrogen-bond acceptors (Lipinski definition) is 2. The highest BCUT2D eigenvalue weighted by atomic mass is 35.5. The van der Waals surface area contributed by atoms with Crippen molar-refractivity contribution < 1.29 is 4.39 Å². The minimum absolute atomic E-state index is 0.0246. The molecule has 0 amide bonds. The van der Waals surface area contributed by atoms with Crippen LogP contribution in [-0.2, 0) is 0 Å². The van der Waals surface area contributed by atoms with Gasteiger partial charge in [-0.2, -0.15) is 0 Å². The van der Waals surface area contributed by atoms with Crippen LogP contribution in [0.1, 0.15) is 6.42 Å². The molecule has 0 radical (unpaired) electrons. The lowest BCUT2D eigenvalue weighted by molar-refractivity contribution is 0.634. The molecule has 0 spiro atoms. The van der Waals surface area contributed by atoms with Crippen molar-refractivity contribution in [3.63, 3.8) is 0 Å². The highest BCUT2D eigenvalue weighted by molar-refractivity contribution is 6.51. The summed E-state index contributed by atoms with van der Waals surface area (Å²) in [7, 11) is 1.67. The lowest BCUT2D eigenvalue weighted by atomic mass is 10.2. The Morgan fingerprint density at radius 3 is 2.59 bits per heavy atom. The number of hydrogen-bond donors (Lipinski definition) is 2. The normalized spacial score (nSPS) is 20.8. The van der Waals surface area contributed by atoms with Gasteiger partial charge in [-0.05, 0) is 18.6 Å². The molecule has 1 unspecified atom stereocenters. The number of anilines is 2. The number of alkyl halides is 2. The third-order valence-electron chi connectivity index (χ3n) is 2.81. The maximum atomic E-state index is 13.9. The average molecular weight is 275 g/mol. The molecule has 1 atom stereocenters. The Labute approximate surface area is 110 Å². The van der Waals surface area contributed by atoms with Gasteiger partial charge in [0.05, 0.1) is 11.4 Å². The van der Waals surface area contributed by atoms with E-state index in [0.29, 0.717) is 23.5 Å². The molecule has 1 aliphatic rings. The number of rotatable bonds is 4. The zero-order chi connectivity index (χ0) is 12.6. The summed E-state index contributed by atoms with van der Waals surface area (Å²) in [6.07, 6.45) is 0.648. The van der Waals surface area contributed by atoms with E-state index in [9.17, 15) is 4.39 Å². The van der Waals surface area contributed by atoms with Crippen molar-refractivity contribution in [2.45, 2.75) is 10.8 Å². The van der Waals surface area contributed by atoms with Gasteiger partial charge in [-0.25, -0.2) is 4.39 Å². The first kappa shape index (κ1) is 12.5. The van der Waals surface area contributed by atoms with Crippen molar-refractivity contribution in [3.8, 4) is 0 Å². The van der Waals surface area contributed by atoms with Gasteiger partial charge in [0.15, 0.2) is 5.82 Å². The molecule has 1 fully saturated rings. The zero-order valence-electron chi connectivity index (χ0n) is 9.36. The van der Waals surface area contributed by atoms with Gasteiger partial charge in [0.2, 0.25) is 0 Å². The second kappa shape index (κ2) is 4.39. The molecule has 2 N–H and O–H groups in total. The minimum atomic E-state index is -0.749. The van der Waals surface area contributed by atoms with Gasteiger partial charge in [0, 0.05) is 18.7 Å². The van der Waals surface area contributed by atoms with E-state index in [1.54, 1.807) is 25.2 Å². The molecule has 1 aromatic rings. The minimum Gasteiger partial charge on any atom is -0.386 e. The van der Waals surface area contributed by atoms with Gasteiger partial charge in [-0.1, -0.05) is 12.6 Å². The topological polar surface area (TPSA) is 24.1 Å². The molecule has 0 heterocycles. The smallest absolute Gasteiger partial charge is 0.169 e. The van der Waals surface area contributed by atoms with E-state index < -0.39 is 4.33 Å². The second-order valence-electron chi connectivity index (χ2n) is 4.09. The summed E-state index contributed by atoms with van der Waals surface area (Å²) in [5, 5.41) is 5.70. The molecule has 92 valence electrons. The lowest BCUT2D eigenvalue weighted by Gasteiger charge is -2.12. The standard InChI is InChI=1S/C12H13Cl2FN2/c1-7(8-6-12(8,13)14)17-10-5-3-4-9(16-2)11(10)15/h3-5,8,16-17H,1,6H2,2H3. The first-order chi connectivity index (χ1) is 7.95. The third-order valence-corrected chi connectivity index (χ3v) is 3.65. The van der Waals surface area contributed by atoms with Crippen LogP contribution in [0.3, 0.4) is 0 Å². The Bertz CT molecular complexity index is 460. The summed E-state index contributed by atoms with van der Waals surface area (Å²) in [6.45, 7) is 3.84. The fourth-order valence-electron chi connectivity index (χ4n) is 1.67. The molecule has 1 aromatic carbocycles. The Morgan fingerprint density at radius 2 is 2.06 bits per heavy atom. The van der Waals surface area contributed by atoms with Gasteiger partial charge >= 0.3 is 0 Å². The Morgan fingerprint density at radius 1 is 1.47 bits per heavy atom. The fourth-order valence-corrected chi connectivity index (χ4v) is 2.25. The van der Waals surface area contributed by atoms with E-state index in [1.165, 1.54) is 0 Å². The largest absolute Gasteiger partial charge is 0.386 e. The van der Waals surface area contributed by atoms with Crippen LogP contribution in [0.2, 0.25) is 0 Å². The highest BCUT2D eigenvalue weighted by Gasteiger charge is 2.53.